The van der Waals surface area contributed by atoms with Gasteiger partial charge < -0.3 is 9.88 Å². The second kappa shape index (κ2) is 15.7. The highest BCUT2D eigenvalue weighted by Gasteiger charge is 2.30. The molecule has 280 valence electrons. The minimum atomic E-state index is -4.28. The number of carbonyl (C=O) groups excluding carboxylic acids is 1. The molecule has 4 heterocycles. The quantitative estimate of drug-likeness (QED) is 0.156. The standard InChI is InChI=1S/C42H45ClN6O3S2/c1-5-35(36-14-21-53-41(36)44-4)40(50)47-54(51,52)38-11-10-34(24-32(38)23-28-22-30-13-16-45-39(30)46-26-28)49-19-17-48(18-20-49)27-31-12-15-42(2,3)25-37(31)29-6-8-33(43)9-7-29/h5-11,13-14,16,21-22,24,26H,1,12,15,17-20,23,25,27H2,2-4H3,(H,45,46)(H,47,50)/b36-35+,44-41?. The number of hydrogen-bond donors (Lipinski definition) is 2. The number of aromatic amines is 1. The number of hydrogen-bond acceptors (Lipinski definition) is 8. The molecule has 0 saturated carbocycles. The van der Waals surface area contributed by atoms with E-state index in [0.29, 0.717) is 22.6 Å². The predicted molar refractivity (Wildman–Crippen MR) is 223 cm³/mol. The lowest BCUT2D eigenvalue weighted by Gasteiger charge is -2.39. The molecule has 4 aromatic rings. The molecule has 0 bridgehead atoms. The van der Waals surface area contributed by atoms with Gasteiger partial charge in [0.15, 0.2) is 0 Å². The number of sulfonamides is 1. The molecule has 54 heavy (non-hydrogen) atoms. The van der Waals surface area contributed by atoms with E-state index in [9.17, 15) is 13.2 Å². The van der Waals surface area contributed by atoms with Gasteiger partial charge in [0, 0.05) is 85.8 Å². The number of allylic oxidation sites excluding steroid dienone is 2. The van der Waals surface area contributed by atoms with Gasteiger partial charge in [-0.1, -0.05) is 67.6 Å². The largest absolute Gasteiger partial charge is 0.369 e. The van der Waals surface area contributed by atoms with Crippen LogP contribution < -0.4 is 9.62 Å². The van der Waals surface area contributed by atoms with Crippen molar-refractivity contribution >= 4 is 66.6 Å². The van der Waals surface area contributed by atoms with Crippen molar-refractivity contribution < 1.29 is 13.2 Å². The summed E-state index contributed by atoms with van der Waals surface area (Å²) in [6.45, 7) is 12.8. The first-order valence-electron chi connectivity index (χ1n) is 18.2. The second-order valence-corrected chi connectivity index (χ2v) is 17.8. The summed E-state index contributed by atoms with van der Waals surface area (Å²) in [4.78, 5) is 30.2. The van der Waals surface area contributed by atoms with Crippen LogP contribution in [0.1, 0.15) is 49.8 Å². The highest BCUT2D eigenvalue weighted by Crippen LogP contribution is 2.43. The van der Waals surface area contributed by atoms with Crippen molar-refractivity contribution in [2.24, 2.45) is 10.4 Å². The fourth-order valence-electron chi connectivity index (χ4n) is 7.60. The topological polar surface area (TPSA) is 111 Å². The number of piperazine rings is 1. The van der Waals surface area contributed by atoms with Crippen LogP contribution in [0, 0.1) is 5.41 Å². The number of benzene rings is 2. The maximum atomic E-state index is 14.0. The molecule has 1 amide bonds. The van der Waals surface area contributed by atoms with Crippen molar-refractivity contribution in [2.45, 2.75) is 44.4 Å². The third-order valence-corrected chi connectivity index (χ3v) is 13.1. The van der Waals surface area contributed by atoms with Gasteiger partial charge in [-0.3, -0.25) is 14.7 Å². The third kappa shape index (κ3) is 8.29. The molecule has 0 radical (unpaired) electrons. The lowest BCUT2D eigenvalue weighted by atomic mass is 9.72. The fourth-order valence-corrected chi connectivity index (χ4v) is 9.66. The minimum absolute atomic E-state index is 0.0448. The first-order valence-corrected chi connectivity index (χ1v) is 20.9. The smallest absolute Gasteiger partial charge is 0.265 e. The van der Waals surface area contributed by atoms with Gasteiger partial charge in [0.05, 0.1) is 4.90 Å². The number of halogens is 1. The molecule has 2 aromatic heterocycles. The minimum Gasteiger partial charge on any atom is -0.369 e. The number of H-pyrrole nitrogens is 1. The van der Waals surface area contributed by atoms with Crippen LogP contribution in [-0.2, 0) is 21.2 Å². The number of fused-ring (bicyclic) bond motifs is 1. The zero-order valence-electron chi connectivity index (χ0n) is 30.9. The van der Waals surface area contributed by atoms with E-state index in [-0.39, 0.29) is 15.9 Å². The summed E-state index contributed by atoms with van der Waals surface area (Å²) in [5, 5.41) is 4.12. The molecule has 3 aliphatic rings. The average Bonchev–Trinajstić information content (AvgIpc) is 3.83. The SMILES string of the molecule is C=C/C(C(=O)NS(=O)(=O)c1ccc(N2CCN(CC3=C(c4ccc(Cl)cc4)CC(C)(C)CC3)CC2)cc1Cc1cnc2[nH]ccc2c1)=C1/C=CSC1=NC. The zero-order chi connectivity index (χ0) is 38.0. The number of anilines is 1. The van der Waals surface area contributed by atoms with E-state index in [2.05, 4.69) is 62.0 Å². The normalized spacial score (nSPS) is 19.5. The fraction of sp³-hybridized carbons (Fsp3) is 0.310. The van der Waals surface area contributed by atoms with Gasteiger partial charge in [-0.2, -0.15) is 0 Å². The summed E-state index contributed by atoms with van der Waals surface area (Å²) in [5.41, 5.74) is 8.29. The Hall–Kier alpha value is -4.42. The first kappa shape index (κ1) is 37.9. The summed E-state index contributed by atoms with van der Waals surface area (Å²) < 4.78 is 30.4. The van der Waals surface area contributed by atoms with E-state index in [0.717, 1.165) is 72.9 Å². The summed E-state index contributed by atoms with van der Waals surface area (Å²) in [5.74, 6) is -0.759. The molecule has 0 spiro atoms. The van der Waals surface area contributed by atoms with Crippen molar-refractivity contribution in [2.75, 3.05) is 44.7 Å². The van der Waals surface area contributed by atoms with Gasteiger partial charge in [0.25, 0.3) is 15.9 Å². The van der Waals surface area contributed by atoms with Gasteiger partial charge in [0.1, 0.15) is 10.7 Å². The maximum Gasteiger partial charge on any atom is 0.265 e. The monoisotopic (exact) mass is 780 g/mol. The van der Waals surface area contributed by atoms with Crippen molar-refractivity contribution in [3.05, 3.63) is 130 Å². The van der Waals surface area contributed by atoms with Crippen LogP contribution in [0.25, 0.3) is 16.6 Å². The van der Waals surface area contributed by atoms with E-state index in [4.69, 9.17) is 11.6 Å². The molecular weight excluding hydrogens is 736 g/mol. The van der Waals surface area contributed by atoms with Crippen molar-refractivity contribution in [1.29, 1.82) is 0 Å². The number of nitrogens with one attached hydrogen (secondary N) is 2. The number of carbonyl (C=O) groups is 1. The molecule has 2 N–H and O–H groups in total. The molecule has 9 nitrogen and oxygen atoms in total. The third-order valence-electron chi connectivity index (χ3n) is 10.5. The Bertz CT molecular complexity index is 2330. The second-order valence-electron chi connectivity index (χ2n) is 14.8. The molecule has 0 unspecified atom stereocenters. The zero-order valence-corrected chi connectivity index (χ0v) is 33.3. The average molecular weight is 781 g/mol. The Kier molecular flexibility index (Phi) is 11.0. The highest BCUT2D eigenvalue weighted by atomic mass is 35.5. The number of rotatable bonds is 10. The van der Waals surface area contributed by atoms with Crippen molar-refractivity contribution in [3.63, 3.8) is 0 Å². The van der Waals surface area contributed by atoms with Gasteiger partial charge in [0.2, 0.25) is 0 Å². The van der Waals surface area contributed by atoms with Crippen LogP contribution in [0.3, 0.4) is 0 Å². The van der Waals surface area contributed by atoms with E-state index in [1.807, 2.05) is 48.0 Å². The van der Waals surface area contributed by atoms with Gasteiger partial charge >= 0.3 is 0 Å². The maximum absolute atomic E-state index is 14.0. The summed E-state index contributed by atoms with van der Waals surface area (Å²) in [7, 11) is -2.65. The Morgan fingerprint density at radius 1 is 1.11 bits per heavy atom. The number of pyridine rings is 1. The van der Waals surface area contributed by atoms with Crippen LogP contribution in [0.5, 0.6) is 0 Å². The number of amides is 1. The van der Waals surface area contributed by atoms with Crippen LogP contribution in [-0.4, -0.2) is 74.0 Å². The number of thioether (sulfide) groups is 1. The van der Waals surface area contributed by atoms with Crippen LogP contribution >= 0.6 is 23.4 Å². The first-order chi connectivity index (χ1) is 25.9. The lowest BCUT2D eigenvalue weighted by Crippen LogP contribution is -2.47. The van der Waals surface area contributed by atoms with Crippen molar-refractivity contribution in [1.82, 2.24) is 19.6 Å². The Morgan fingerprint density at radius 2 is 1.89 bits per heavy atom. The van der Waals surface area contributed by atoms with E-state index in [1.165, 1.54) is 41.0 Å². The van der Waals surface area contributed by atoms with Crippen LogP contribution in [0.2, 0.25) is 5.02 Å². The molecule has 2 aromatic carbocycles. The van der Waals surface area contributed by atoms with Gasteiger partial charge in [-0.25, -0.2) is 18.1 Å². The van der Waals surface area contributed by atoms with E-state index < -0.39 is 15.9 Å². The number of aliphatic imine (C=N–C) groups is 1. The van der Waals surface area contributed by atoms with E-state index in [1.54, 1.807) is 25.4 Å². The molecule has 7 rings (SSSR count). The molecule has 1 saturated heterocycles. The molecule has 2 aliphatic heterocycles. The van der Waals surface area contributed by atoms with E-state index >= 15 is 0 Å². The summed E-state index contributed by atoms with van der Waals surface area (Å²) in [6, 6.07) is 17.6. The Labute approximate surface area is 327 Å². The lowest BCUT2D eigenvalue weighted by molar-refractivity contribution is -0.115. The summed E-state index contributed by atoms with van der Waals surface area (Å²) >= 11 is 7.60. The Morgan fingerprint density at radius 3 is 2.63 bits per heavy atom. The Balaban J connectivity index is 1.13. The molecule has 1 fully saturated rings. The van der Waals surface area contributed by atoms with Crippen LogP contribution in [0.4, 0.5) is 5.69 Å². The predicted octanol–water partition coefficient (Wildman–Crippen LogP) is 8.17. The molecular formula is C42H45ClN6O3S2. The highest BCUT2D eigenvalue weighted by molar-refractivity contribution is 8.17. The van der Waals surface area contributed by atoms with Gasteiger partial charge in [-0.15, -0.1) is 0 Å². The van der Waals surface area contributed by atoms with Gasteiger partial charge in [-0.05, 0) is 101 Å². The van der Waals surface area contributed by atoms with Crippen LogP contribution in [0.15, 0.2) is 118 Å². The number of nitrogens with zero attached hydrogens (tertiary/aromatic N) is 4. The molecule has 1 aliphatic carbocycles. The summed E-state index contributed by atoms with van der Waals surface area (Å²) in [6.07, 6.45) is 10.3. The number of aromatic nitrogens is 2. The van der Waals surface area contributed by atoms with Crippen molar-refractivity contribution in [3.8, 4) is 0 Å². The molecule has 12 heteroatoms. The molecule has 0 atom stereocenters.